The first kappa shape index (κ1) is 11.9. The third-order valence-electron chi connectivity index (χ3n) is 2.41. The largest absolute Gasteiger partial charge is 0.295 e. The summed E-state index contributed by atoms with van der Waals surface area (Å²) in [7, 11) is 1.66. The second kappa shape index (κ2) is 4.37. The Bertz CT molecular complexity index is 575. The van der Waals surface area contributed by atoms with Gasteiger partial charge in [-0.1, -0.05) is 5.21 Å². The lowest BCUT2D eigenvalue weighted by Crippen LogP contribution is -1.99. The molecule has 6 heteroatoms. The summed E-state index contributed by atoms with van der Waals surface area (Å²) in [5.41, 5.74) is 1.26. The Balaban J connectivity index is 2.66. The van der Waals surface area contributed by atoms with Gasteiger partial charge in [-0.3, -0.25) is 4.79 Å². The molecule has 2 aromatic rings. The molecule has 0 saturated heterocycles. The average Bonchev–Trinajstić information content (AvgIpc) is 2.59. The number of benzene rings is 1. The van der Waals surface area contributed by atoms with Gasteiger partial charge in [0.2, 0.25) is 0 Å². The van der Waals surface area contributed by atoms with Crippen LogP contribution in [-0.4, -0.2) is 20.8 Å². The number of halogens is 2. The molecule has 0 aliphatic carbocycles. The molecule has 2 rings (SSSR count). The average molecular weight is 298 g/mol. The van der Waals surface area contributed by atoms with Crippen molar-refractivity contribution in [3.8, 4) is 11.3 Å². The smallest absolute Gasteiger partial charge is 0.159 e. The molecule has 0 aliphatic heterocycles. The summed E-state index contributed by atoms with van der Waals surface area (Å²) in [6, 6.07) is 4.23. The van der Waals surface area contributed by atoms with Crippen LogP contribution in [0.2, 0.25) is 0 Å². The first-order valence-corrected chi connectivity index (χ1v) is 5.66. The first-order valence-electron chi connectivity index (χ1n) is 4.86. The van der Waals surface area contributed by atoms with Crippen LogP contribution in [0.5, 0.6) is 0 Å². The van der Waals surface area contributed by atoms with E-state index in [-0.39, 0.29) is 5.78 Å². The number of rotatable bonds is 2. The highest BCUT2D eigenvalue weighted by Gasteiger charge is 2.16. The fourth-order valence-corrected chi connectivity index (χ4v) is 2.08. The fourth-order valence-electron chi connectivity index (χ4n) is 1.54. The van der Waals surface area contributed by atoms with Gasteiger partial charge in [-0.2, -0.15) is 0 Å². The SMILES string of the molecule is CC(=O)c1ccc(F)c(-c2c(Br)nnn2C)c1. The summed E-state index contributed by atoms with van der Waals surface area (Å²) < 4.78 is 15.7. The second-order valence-electron chi connectivity index (χ2n) is 3.60. The molecule has 0 radical (unpaired) electrons. The quantitative estimate of drug-likeness (QED) is 0.801. The molecular weight excluding hydrogens is 289 g/mol. The number of ketones is 1. The number of aryl methyl sites for hydroxylation is 1. The van der Waals surface area contributed by atoms with Crippen LogP contribution in [0.3, 0.4) is 0 Å². The summed E-state index contributed by atoms with van der Waals surface area (Å²) in [5.74, 6) is -0.529. The van der Waals surface area contributed by atoms with Crippen molar-refractivity contribution in [3.63, 3.8) is 0 Å². The Morgan fingerprint density at radius 1 is 1.47 bits per heavy atom. The highest BCUT2D eigenvalue weighted by molar-refractivity contribution is 9.10. The zero-order valence-corrected chi connectivity index (χ0v) is 10.8. The van der Waals surface area contributed by atoms with Crippen LogP contribution in [-0.2, 0) is 7.05 Å². The Kier molecular flexibility index (Phi) is 3.06. The Morgan fingerprint density at radius 2 is 2.18 bits per heavy atom. The summed E-state index contributed by atoms with van der Waals surface area (Å²) in [5, 5.41) is 7.56. The number of carbonyl (C=O) groups is 1. The molecule has 0 spiro atoms. The monoisotopic (exact) mass is 297 g/mol. The van der Waals surface area contributed by atoms with Crippen LogP contribution < -0.4 is 0 Å². The molecule has 0 N–H and O–H groups in total. The van der Waals surface area contributed by atoms with Crippen LogP contribution in [0.25, 0.3) is 11.3 Å². The minimum Gasteiger partial charge on any atom is -0.295 e. The van der Waals surface area contributed by atoms with Gasteiger partial charge >= 0.3 is 0 Å². The van der Waals surface area contributed by atoms with Gasteiger partial charge in [0.15, 0.2) is 10.4 Å². The molecule has 88 valence electrons. The molecule has 0 atom stereocenters. The van der Waals surface area contributed by atoms with Crippen molar-refractivity contribution in [2.24, 2.45) is 7.05 Å². The fraction of sp³-hybridized carbons (Fsp3) is 0.182. The van der Waals surface area contributed by atoms with Gasteiger partial charge in [0.05, 0.1) is 0 Å². The van der Waals surface area contributed by atoms with Crippen molar-refractivity contribution in [1.29, 1.82) is 0 Å². The molecule has 0 unspecified atom stereocenters. The van der Waals surface area contributed by atoms with E-state index in [2.05, 4.69) is 26.2 Å². The number of aromatic nitrogens is 3. The normalized spacial score (nSPS) is 10.6. The van der Waals surface area contributed by atoms with Crippen molar-refractivity contribution in [3.05, 3.63) is 34.2 Å². The van der Waals surface area contributed by atoms with Gasteiger partial charge in [-0.25, -0.2) is 9.07 Å². The maximum atomic E-state index is 13.8. The summed E-state index contributed by atoms with van der Waals surface area (Å²) in [6.45, 7) is 1.44. The number of Topliss-reactive ketones (excluding diaryl/α,β-unsaturated/α-hetero) is 1. The lowest BCUT2D eigenvalue weighted by molar-refractivity contribution is 0.101. The highest BCUT2D eigenvalue weighted by atomic mass is 79.9. The third-order valence-corrected chi connectivity index (χ3v) is 2.95. The van der Waals surface area contributed by atoms with E-state index in [4.69, 9.17) is 0 Å². The molecule has 17 heavy (non-hydrogen) atoms. The zero-order valence-electron chi connectivity index (χ0n) is 9.24. The third kappa shape index (κ3) is 2.12. The van der Waals surface area contributed by atoms with E-state index in [0.29, 0.717) is 21.4 Å². The summed E-state index contributed by atoms with van der Waals surface area (Å²) in [6.07, 6.45) is 0. The van der Waals surface area contributed by atoms with Crippen molar-refractivity contribution in [2.75, 3.05) is 0 Å². The Hall–Kier alpha value is -1.56. The van der Waals surface area contributed by atoms with Gasteiger partial charge < -0.3 is 0 Å². The molecule has 1 aromatic carbocycles. The lowest BCUT2D eigenvalue weighted by atomic mass is 10.1. The number of hydrogen-bond donors (Lipinski definition) is 0. The van der Waals surface area contributed by atoms with Crippen LogP contribution in [0.4, 0.5) is 4.39 Å². The van der Waals surface area contributed by atoms with E-state index in [0.717, 1.165) is 0 Å². The molecule has 0 aliphatic rings. The van der Waals surface area contributed by atoms with E-state index in [1.165, 1.54) is 29.8 Å². The van der Waals surface area contributed by atoms with Crippen molar-refractivity contribution < 1.29 is 9.18 Å². The van der Waals surface area contributed by atoms with Gasteiger partial charge in [0, 0.05) is 18.2 Å². The Morgan fingerprint density at radius 3 is 2.71 bits per heavy atom. The van der Waals surface area contributed by atoms with Crippen LogP contribution in [0.15, 0.2) is 22.8 Å². The lowest BCUT2D eigenvalue weighted by Gasteiger charge is -2.05. The summed E-state index contributed by atoms with van der Waals surface area (Å²) in [4.78, 5) is 11.3. The molecular formula is C11H9BrFN3O. The van der Waals surface area contributed by atoms with Gasteiger partial charge in [0.25, 0.3) is 0 Å². The number of carbonyl (C=O) groups excluding carboxylic acids is 1. The van der Waals surface area contributed by atoms with Crippen LogP contribution in [0, 0.1) is 5.82 Å². The zero-order chi connectivity index (χ0) is 12.6. The van der Waals surface area contributed by atoms with E-state index < -0.39 is 5.82 Å². The number of hydrogen-bond acceptors (Lipinski definition) is 3. The van der Waals surface area contributed by atoms with Crippen LogP contribution in [0.1, 0.15) is 17.3 Å². The van der Waals surface area contributed by atoms with Crippen LogP contribution >= 0.6 is 15.9 Å². The van der Waals surface area contributed by atoms with E-state index >= 15 is 0 Å². The molecule has 0 amide bonds. The molecule has 4 nitrogen and oxygen atoms in total. The maximum absolute atomic E-state index is 13.8. The van der Waals surface area contributed by atoms with E-state index in [9.17, 15) is 9.18 Å². The van der Waals surface area contributed by atoms with Gasteiger partial charge in [-0.05, 0) is 41.1 Å². The van der Waals surface area contributed by atoms with Crippen molar-refractivity contribution >= 4 is 21.7 Å². The van der Waals surface area contributed by atoms with E-state index in [1.54, 1.807) is 7.05 Å². The minimum absolute atomic E-state index is 0.113. The Labute approximate surface area is 106 Å². The number of nitrogens with zero attached hydrogens (tertiary/aromatic N) is 3. The molecule has 1 heterocycles. The van der Waals surface area contributed by atoms with Crippen molar-refractivity contribution in [1.82, 2.24) is 15.0 Å². The van der Waals surface area contributed by atoms with Crippen molar-refractivity contribution in [2.45, 2.75) is 6.92 Å². The molecule has 0 saturated carbocycles. The van der Waals surface area contributed by atoms with Gasteiger partial charge in [-0.15, -0.1) is 5.10 Å². The maximum Gasteiger partial charge on any atom is 0.159 e. The second-order valence-corrected chi connectivity index (χ2v) is 4.35. The molecule has 0 bridgehead atoms. The topological polar surface area (TPSA) is 47.8 Å². The first-order chi connectivity index (χ1) is 8.00. The predicted octanol–water partition coefficient (Wildman–Crippen LogP) is 2.59. The molecule has 0 fully saturated rings. The van der Waals surface area contributed by atoms with E-state index in [1.807, 2.05) is 0 Å². The highest BCUT2D eigenvalue weighted by Crippen LogP contribution is 2.28. The predicted molar refractivity (Wildman–Crippen MR) is 64.1 cm³/mol. The molecule has 1 aromatic heterocycles. The van der Waals surface area contributed by atoms with Gasteiger partial charge in [0.1, 0.15) is 11.5 Å². The standard InChI is InChI=1S/C11H9BrFN3O/c1-6(17)7-3-4-9(13)8(5-7)10-11(12)14-15-16(10)2/h3-5H,1-2H3. The summed E-state index contributed by atoms with van der Waals surface area (Å²) >= 11 is 3.20. The minimum atomic E-state index is -0.416.